The maximum atomic E-state index is 11.5. The molecular formula is C26H27N7O3. The van der Waals surface area contributed by atoms with Gasteiger partial charge in [-0.15, -0.1) is 5.10 Å². The molecule has 10 heteroatoms. The predicted octanol–water partition coefficient (Wildman–Crippen LogP) is 5.05. The number of aryl methyl sites for hydroxylation is 1. The summed E-state index contributed by atoms with van der Waals surface area (Å²) >= 11 is 0. The number of benzene rings is 2. The fourth-order valence-electron chi connectivity index (χ4n) is 4.59. The lowest BCUT2D eigenvalue weighted by Gasteiger charge is -2.31. The zero-order valence-electron chi connectivity index (χ0n) is 20.2. The summed E-state index contributed by atoms with van der Waals surface area (Å²) < 4.78 is 7.07. The minimum Gasteiger partial charge on any atom is -0.449 e. The Bertz CT molecular complexity index is 1390. The van der Waals surface area contributed by atoms with E-state index in [1.807, 2.05) is 35.9 Å². The molecular weight excluding hydrogens is 458 g/mol. The molecule has 5 rings (SSSR count). The van der Waals surface area contributed by atoms with Crippen molar-refractivity contribution in [2.75, 3.05) is 4.90 Å². The number of carbonyl (C=O) groups is 1. The van der Waals surface area contributed by atoms with Crippen LogP contribution in [0.2, 0.25) is 0 Å². The first kappa shape index (κ1) is 23.3. The Morgan fingerprint density at radius 1 is 1.11 bits per heavy atom. The molecule has 4 aromatic rings. The second-order valence-electron chi connectivity index (χ2n) is 8.53. The molecule has 0 amide bonds. The third-order valence-electron chi connectivity index (χ3n) is 6.22. The molecule has 0 fully saturated rings. The minimum atomic E-state index is -1.34. The van der Waals surface area contributed by atoms with Crippen LogP contribution >= 0.6 is 0 Å². The lowest BCUT2D eigenvalue weighted by Crippen LogP contribution is -2.29. The Labute approximate surface area is 208 Å². The van der Waals surface area contributed by atoms with E-state index in [2.05, 4.69) is 67.9 Å². The number of carboxylic acid groups (broad SMARTS) is 1. The summed E-state index contributed by atoms with van der Waals surface area (Å²) in [5, 5.41) is 28.3. The van der Waals surface area contributed by atoms with Crippen molar-refractivity contribution in [2.24, 2.45) is 0 Å². The standard InChI is InChI=1S/C26H27N7O3/c1-3-7-19-14-15-33-25(23(36-26(34)35)22(4-2)29-33)32(19)16-17-10-12-18(13-11-17)20-8-5-6-9-21(20)24-27-30-31-28-24/h5-6,8-14H,3-4,7,15-16H2,1-2H3,(H,34,35)(H,27,28,30,31). The number of hydrogen-bond donors (Lipinski definition) is 2. The molecule has 1 aliphatic rings. The van der Waals surface area contributed by atoms with Gasteiger partial charge in [0.05, 0.1) is 6.54 Å². The monoisotopic (exact) mass is 485 g/mol. The van der Waals surface area contributed by atoms with E-state index in [4.69, 9.17) is 4.74 Å². The van der Waals surface area contributed by atoms with E-state index in [1.165, 1.54) is 0 Å². The van der Waals surface area contributed by atoms with Gasteiger partial charge in [-0.3, -0.25) is 0 Å². The number of hydrogen-bond acceptors (Lipinski definition) is 7. The van der Waals surface area contributed by atoms with Gasteiger partial charge in [0, 0.05) is 17.8 Å². The molecule has 3 heterocycles. The van der Waals surface area contributed by atoms with E-state index in [0.29, 0.717) is 42.6 Å². The third kappa shape index (κ3) is 4.45. The molecule has 2 N–H and O–H groups in total. The van der Waals surface area contributed by atoms with Gasteiger partial charge in [0.1, 0.15) is 5.69 Å². The zero-order valence-corrected chi connectivity index (χ0v) is 20.2. The lowest BCUT2D eigenvalue weighted by atomic mass is 9.98. The topological polar surface area (TPSA) is 122 Å². The number of allylic oxidation sites excluding steroid dienone is 2. The summed E-state index contributed by atoms with van der Waals surface area (Å²) in [4.78, 5) is 13.6. The van der Waals surface area contributed by atoms with E-state index in [-0.39, 0.29) is 0 Å². The first-order chi connectivity index (χ1) is 17.6. The van der Waals surface area contributed by atoms with Gasteiger partial charge in [0.15, 0.2) is 17.4 Å². The maximum absolute atomic E-state index is 11.5. The van der Waals surface area contributed by atoms with E-state index in [0.717, 1.165) is 40.8 Å². The highest BCUT2D eigenvalue weighted by molar-refractivity contribution is 5.80. The molecule has 0 radical (unpaired) electrons. The van der Waals surface area contributed by atoms with E-state index in [9.17, 15) is 9.90 Å². The average Bonchev–Trinajstić information content (AvgIpc) is 3.54. The van der Waals surface area contributed by atoms with Crippen LogP contribution in [0.15, 0.2) is 60.3 Å². The van der Waals surface area contributed by atoms with E-state index < -0.39 is 6.16 Å². The van der Waals surface area contributed by atoms with Crippen LogP contribution in [-0.4, -0.2) is 41.7 Å². The van der Waals surface area contributed by atoms with Crippen molar-refractivity contribution < 1.29 is 14.6 Å². The van der Waals surface area contributed by atoms with Crippen LogP contribution in [-0.2, 0) is 19.5 Å². The number of aromatic amines is 1. The Hall–Kier alpha value is -4.47. The SMILES string of the molecule is CCCC1=CCn2nc(CC)c(OC(=O)O)c2N1Cc1ccc(-c2ccccc2-c2nnn[nH]2)cc1. The maximum Gasteiger partial charge on any atom is 0.511 e. The molecule has 2 aromatic carbocycles. The van der Waals surface area contributed by atoms with Crippen LogP contribution in [0.25, 0.3) is 22.5 Å². The zero-order chi connectivity index (χ0) is 25.1. The summed E-state index contributed by atoms with van der Waals surface area (Å²) in [6, 6.07) is 16.3. The fraction of sp³-hybridized carbons (Fsp3) is 0.269. The number of nitrogens with one attached hydrogen (secondary N) is 1. The van der Waals surface area contributed by atoms with Crippen molar-refractivity contribution in [1.82, 2.24) is 30.4 Å². The number of anilines is 1. The summed E-state index contributed by atoms with van der Waals surface area (Å²) in [5.41, 5.74) is 5.84. The predicted molar refractivity (Wildman–Crippen MR) is 134 cm³/mol. The molecule has 36 heavy (non-hydrogen) atoms. The molecule has 184 valence electrons. The molecule has 2 aromatic heterocycles. The lowest BCUT2D eigenvalue weighted by molar-refractivity contribution is 0.144. The molecule has 0 bridgehead atoms. The number of H-pyrrole nitrogens is 1. The number of aromatic nitrogens is 6. The van der Waals surface area contributed by atoms with Gasteiger partial charge in [-0.05, 0) is 46.0 Å². The van der Waals surface area contributed by atoms with Crippen molar-refractivity contribution >= 4 is 12.0 Å². The highest BCUT2D eigenvalue weighted by atomic mass is 16.7. The minimum absolute atomic E-state index is 0.318. The third-order valence-corrected chi connectivity index (χ3v) is 6.22. The molecule has 0 unspecified atom stereocenters. The van der Waals surface area contributed by atoms with Crippen LogP contribution in [0.4, 0.5) is 10.6 Å². The number of fused-ring (bicyclic) bond motifs is 1. The quantitative estimate of drug-likeness (QED) is 0.332. The number of nitrogens with zero attached hydrogens (tertiary/aromatic N) is 6. The smallest absolute Gasteiger partial charge is 0.449 e. The second kappa shape index (κ2) is 10.0. The summed E-state index contributed by atoms with van der Waals surface area (Å²) in [6.07, 6.45) is 3.24. The number of tetrazole rings is 1. The first-order valence-electron chi connectivity index (χ1n) is 12.0. The van der Waals surface area contributed by atoms with Gasteiger partial charge in [-0.1, -0.05) is 68.8 Å². The van der Waals surface area contributed by atoms with Crippen LogP contribution in [0.1, 0.15) is 37.9 Å². The van der Waals surface area contributed by atoms with Crippen LogP contribution in [0.5, 0.6) is 5.75 Å². The largest absolute Gasteiger partial charge is 0.511 e. The molecule has 0 aliphatic carbocycles. The highest BCUT2D eigenvalue weighted by Gasteiger charge is 2.29. The molecule has 1 aliphatic heterocycles. The van der Waals surface area contributed by atoms with Gasteiger partial charge in [-0.2, -0.15) is 5.10 Å². The van der Waals surface area contributed by atoms with E-state index in [1.54, 1.807) is 0 Å². The molecule has 0 atom stereocenters. The van der Waals surface area contributed by atoms with Crippen LogP contribution in [0, 0.1) is 0 Å². The average molecular weight is 486 g/mol. The van der Waals surface area contributed by atoms with Gasteiger partial charge in [-0.25, -0.2) is 14.6 Å². The van der Waals surface area contributed by atoms with Crippen molar-refractivity contribution in [3.8, 4) is 28.3 Å². The number of rotatable bonds is 8. The van der Waals surface area contributed by atoms with Gasteiger partial charge >= 0.3 is 6.16 Å². The van der Waals surface area contributed by atoms with Gasteiger partial charge in [0.25, 0.3) is 0 Å². The fourth-order valence-corrected chi connectivity index (χ4v) is 4.59. The van der Waals surface area contributed by atoms with Crippen molar-refractivity contribution in [1.29, 1.82) is 0 Å². The molecule has 0 saturated carbocycles. The Balaban J connectivity index is 1.48. The molecule has 10 nitrogen and oxygen atoms in total. The first-order valence-corrected chi connectivity index (χ1v) is 12.0. The van der Waals surface area contributed by atoms with Gasteiger partial charge in [0.2, 0.25) is 0 Å². The van der Waals surface area contributed by atoms with Crippen molar-refractivity contribution in [3.05, 3.63) is 71.6 Å². The van der Waals surface area contributed by atoms with Crippen molar-refractivity contribution in [3.63, 3.8) is 0 Å². The summed E-state index contributed by atoms with van der Waals surface area (Å²) in [7, 11) is 0. The molecule has 0 saturated heterocycles. The van der Waals surface area contributed by atoms with Gasteiger partial charge < -0.3 is 14.7 Å². The van der Waals surface area contributed by atoms with E-state index >= 15 is 0 Å². The van der Waals surface area contributed by atoms with Crippen LogP contribution < -0.4 is 9.64 Å². The second-order valence-corrected chi connectivity index (χ2v) is 8.53. The number of ether oxygens (including phenoxy) is 1. The van der Waals surface area contributed by atoms with Crippen molar-refractivity contribution in [2.45, 2.75) is 46.2 Å². The summed E-state index contributed by atoms with van der Waals surface area (Å²) in [5.74, 6) is 1.62. The molecule has 0 spiro atoms. The Morgan fingerprint density at radius 2 is 1.89 bits per heavy atom. The summed E-state index contributed by atoms with van der Waals surface area (Å²) in [6.45, 7) is 5.22. The highest BCUT2D eigenvalue weighted by Crippen LogP contribution is 2.39. The van der Waals surface area contributed by atoms with Crippen LogP contribution in [0.3, 0.4) is 0 Å². The Morgan fingerprint density at radius 3 is 2.56 bits per heavy atom. The Kier molecular flexibility index (Phi) is 6.48. The normalized spacial score (nSPS) is 12.8.